The molecule has 2 aromatic carbocycles. The lowest BCUT2D eigenvalue weighted by Gasteiger charge is -2.06. The molecule has 0 unspecified atom stereocenters. The van der Waals surface area contributed by atoms with Gasteiger partial charge in [0.25, 0.3) is 5.78 Å². The summed E-state index contributed by atoms with van der Waals surface area (Å²) in [5, 5.41) is 0.625. The molecule has 0 fully saturated rings. The second-order valence-electron chi connectivity index (χ2n) is 4.33. The molecular formula is C15H10ClF3O. The molecule has 2 rings (SSSR count). The molecule has 0 aliphatic carbocycles. The third-order valence-electron chi connectivity index (χ3n) is 2.80. The highest BCUT2D eigenvalue weighted by atomic mass is 35.5. The first-order chi connectivity index (χ1) is 9.36. The molecule has 0 amide bonds. The standard InChI is InChI=1S/C15H10ClF3O/c16-13-7-3-11(4-8-13)9-10-1-5-12(6-2-10)14(20)15(17,18)19/h1-8H,9H2. The molecule has 20 heavy (non-hydrogen) atoms. The van der Waals surface area contributed by atoms with Crippen molar-refractivity contribution in [2.75, 3.05) is 0 Å². The van der Waals surface area contributed by atoms with Crippen molar-refractivity contribution in [1.29, 1.82) is 0 Å². The first-order valence-corrected chi connectivity index (χ1v) is 6.19. The van der Waals surface area contributed by atoms with Gasteiger partial charge < -0.3 is 0 Å². The van der Waals surface area contributed by atoms with E-state index in [0.717, 1.165) is 11.1 Å². The third-order valence-corrected chi connectivity index (χ3v) is 3.05. The average Bonchev–Trinajstić information content (AvgIpc) is 2.40. The van der Waals surface area contributed by atoms with E-state index in [-0.39, 0.29) is 5.56 Å². The fourth-order valence-corrected chi connectivity index (χ4v) is 1.90. The van der Waals surface area contributed by atoms with Crippen LogP contribution in [0.2, 0.25) is 5.02 Å². The van der Waals surface area contributed by atoms with Crippen molar-refractivity contribution in [3.63, 3.8) is 0 Å². The van der Waals surface area contributed by atoms with E-state index >= 15 is 0 Å². The number of carbonyl (C=O) groups is 1. The molecule has 0 aliphatic heterocycles. The quantitative estimate of drug-likeness (QED) is 0.752. The molecule has 104 valence electrons. The maximum Gasteiger partial charge on any atom is 0.454 e. The molecule has 2 aromatic rings. The van der Waals surface area contributed by atoms with Gasteiger partial charge in [-0.3, -0.25) is 4.79 Å². The summed E-state index contributed by atoms with van der Waals surface area (Å²) >= 11 is 5.77. The van der Waals surface area contributed by atoms with Crippen molar-refractivity contribution in [3.05, 3.63) is 70.2 Å². The van der Waals surface area contributed by atoms with Crippen LogP contribution in [0.4, 0.5) is 13.2 Å². The molecule has 0 spiro atoms. The SMILES string of the molecule is O=C(c1ccc(Cc2ccc(Cl)cc2)cc1)C(F)(F)F. The number of alkyl halides is 3. The second kappa shape index (κ2) is 5.67. The summed E-state index contributed by atoms with van der Waals surface area (Å²) in [5.74, 6) is -1.82. The Bertz CT molecular complexity index is 601. The number of Topliss-reactive ketones (excluding diaryl/α,β-unsaturated/α-hetero) is 1. The minimum absolute atomic E-state index is 0.350. The molecule has 0 N–H and O–H groups in total. The highest BCUT2D eigenvalue weighted by Gasteiger charge is 2.39. The van der Waals surface area contributed by atoms with E-state index in [2.05, 4.69) is 0 Å². The van der Waals surface area contributed by atoms with Gasteiger partial charge in [0, 0.05) is 10.6 Å². The van der Waals surface area contributed by atoms with Crippen molar-refractivity contribution in [2.45, 2.75) is 12.6 Å². The van der Waals surface area contributed by atoms with Crippen molar-refractivity contribution < 1.29 is 18.0 Å². The van der Waals surface area contributed by atoms with E-state index in [4.69, 9.17) is 11.6 Å². The Hall–Kier alpha value is -1.81. The van der Waals surface area contributed by atoms with E-state index in [9.17, 15) is 18.0 Å². The van der Waals surface area contributed by atoms with Gasteiger partial charge in [-0.05, 0) is 29.7 Å². The summed E-state index contributed by atoms with van der Waals surface area (Å²) in [5.41, 5.74) is 1.47. The van der Waals surface area contributed by atoms with E-state index in [0.29, 0.717) is 11.4 Å². The fraction of sp³-hybridized carbons (Fsp3) is 0.133. The summed E-state index contributed by atoms with van der Waals surface area (Å²) in [4.78, 5) is 11.0. The Kier molecular flexibility index (Phi) is 4.14. The largest absolute Gasteiger partial charge is 0.454 e. The molecule has 0 saturated carbocycles. The van der Waals surface area contributed by atoms with Gasteiger partial charge in [-0.25, -0.2) is 0 Å². The van der Waals surface area contributed by atoms with Crippen LogP contribution in [0, 0.1) is 0 Å². The van der Waals surface area contributed by atoms with E-state index < -0.39 is 12.0 Å². The Morgan fingerprint density at radius 2 is 1.35 bits per heavy atom. The first kappa shape index (κ1) is 14.6. The third kappa shape index (κ3) is 3.61. The summed E-state index contributed by atoms with van der Waals surface area (Å²) in [6, 6.07) is 12.6. The Morgan fingerprint density at radius 1 is 0.900 bits per heavy atom. The molecule has 0 heterocycles. The Labute approximate surface area is 119 Å². The molecule has 0 bridgehead atoms. The van der Waals surface area contributed by atoms with Gasteiger partial charge in [0.2, 0.25) is 0 Å². The minimum Gasteiger partial charge on any atom is -0.284 e. The molecule has 5 heteroatoms. The van der Waals surface area contributed by atoms with Crippen LogP contribution >= 0.6 is 11.6 Å². The number of carbonyl (C=O) groups excluding carboxylic acids is 1. The number of benzene rings is 2. The zero-order valence-corrected chi connectivity index (χ0v) is 11.0. The normalized spacial score (nSPS) is 11.4. The predicted molar refractivity (Wildman–Crippen MR) is 71.1 cm³/mol. The van der Waals surface area contributed by atoms with Crippen LogP contribution in [0.1, 0.15) is 21.5 Å². The fourth-order valence-electron chi connectivity index (χ4n) is 1.78. The maximum absolute atomic E-state index is 12.3. The van der Waals surface area contributed by atoms with E-state index in [1.54, 1.807) is 12.1 Å². The summed E-state index contributed by atoms with van der Waals surface area (Å²) in [6.45, 7) is 0. The van der Waals surface area contributed by atoms with Crippen molar-refractivity contribution in [2.24, 2.45) is 0 Å². The lowest BCUT2D eigenvalue weighted by Crippen LogP contribution is -2.22. The minimum atomic E-state index is -4.84. The first-order valence-electron chi connectivity index (χ1n) is 5.81. The summed E-state index contributed by atoms with van der Waals surface area (Å²) < 4.78 is 36.8. The van der Waals surface area contributed by atoms with Crippen molar-refractivity contribution in [1.82, 2.24) is 0 Å². The number of rotatable bonds is 3. The smallest absolute Gasteiger partial charge is 0.284 e. The van der Waals surface area contributed by atoms with Crippen molar-refractivity contribution >= 4 is 17.4 Å². The monoisotopic (exact) mass is 298 g/mol. The lowest BCUT2D eigenvalue weighted by molar-refractivity contribution is -0.0885. The Balaban J connectivity index is 2.12. The van der Waals surface area contributed by atoms with Gasteiger partial charge in [0.05, 0.1) is 0 Å². The van der Waals surface area contributed by atoms with E-state index in [1.807, 2.05) is 12.1 Å². The molecule has 0 saturated heterocycles. The molecular weight excluding hydrogens is 289 g/mol. The van der Waals surface area contributed by atoms with Crippen LogP contribution in [-0.4, -0.2) is 12.0 Å². The van der Waals surface area contributed by atoms with Crippen LogP contribution < -0.4 is 0 Å². The van der Waals surface area contributed by atoms with Crippen LogP contribution in [-0.2, 0) is 6.42 Å². The topological polar surface area (TPSA) is 17.1 Å². The summed E-state index contributed by atoms with van der Waals surface area (Å²) in [6.07, 6.45) is -4.27. The zero-order valence-electron chi connectivity index (χ0n) is 10.2. The zero-order chi connectivity index (χ0) is 14.8. The number of halogens is 4. The van der Waals surface area contributed by atoms with Gasteiger partial charge in [0.15, 0.2) is 0 Å². The molecule has 1 nitrogen and oxygen atoms in total. The molecule has 0 aliphatic rings. The highest BCUT2D eigenvalue weighted by Crippen LogP contribution is 2.22. The van der Waals surface area contributed by atoms with E-state index in [1.165, 1.54) is 24.3 Å². The highest BCUT2D eigenvalue weighted by molar-refractivity contribution is 6.30. The average molecular weight is 299 g/mol. The number of hydrogen-bond donors (Lipinski definition) is 0. The summed E-state index contributed by atoms with van der Waals surface area (Å²) in [7, 11) is 0. The molecule has 0 atom stereocenters. The molecule has 0 radical (unpaired) electrons. The Morgan fingerprint density at radius 3 is 1.80 bits per heavy atom. The lowest BCUT2D eigenvalue weighted by atomic mass is 10.0. The number of hydrogen-bond acceptors (Lipinski definition) is 1. The maximum atomic E-state index is 12.3. The molecule has 0 aromatic heterocycles. The van der Waals surface area contributed by atoms with Crippen LogP contribution in [0.3, 0.4) is 0 Å². The second-order valence-corrected chi connectivity index (χ2v) is 4.76. The van der Waals surface area contributed by atoms with Gasteiger partial charge in [-0.2, -0.15) is 13.2 Å². The predicted octanol–water partition coefficient (Wildman–Crippen LogP) is 4.68. The van der Waals surface area contributed by atoms with Gasteiger partial charge >= 0.3 is 6.18 Å². The van der Waals surface area contributed by atoms with Gasteiger partial charge in [-0.15, -0.1) is 0 Å². The number of ketones is 1. The van der Waals surface area contributed by atoms with Crippen molar-refractivity contribution in [3.8, 4) is 0 Å². The van der Waals surface area contributed by atoms with Crippen LogP contribution in [0.15, 0.2) is 48.5 Å². The van der Waals surface area contributed by atoms with Crippen LogP contribution in [0.25, 0.3) is 0 Å². The van der Waals surface area contributed by atoms with Gasteiger partial charge in [-0.1, -0.05) is 48.0 Å². The van der Waals surface area contributed by atoms with Gasteiger partial charge in [0.1, 0.15) is 0 Å². The van der Waals surface area contributed by atoms with Crippen LogP contribution in [0.5, 0.6) is 0 Å².